The maximum Gasteiger partial charge on any atom is 0.435 e. The van der Waals surface area contributed by atoms with E-state index in [9.17, 15) is 18.0 Å². The van der Waals surface area contributed by atoms with Gasteiger partial charge < -0.3 is 15.0 Å². The first-order chi connectivity index (χ1) is 15.9. The molecule has 0 saturated heterocycles. The predicted molar refractivity (Wildman–Crippen MR) is 126 cm³/mol. The molecule has 13 heteroatoms. The summed E-state index contributed by atoms with van der Waals surface area (Å²) in [7, 11) is 0. The third-order valence-electron chi connectivity index (χ3n) is 5.37. The number of oxime groups is 2. The number of aryl methyl sites for hydroxylation is 1. The maximum atomic E-state index is 14.2. The number of nitrogens with one attached hydrogen (secondary N) is 1. The lowest BCUT2D eigenvalue weighted by Gasteiger charge is -2.30. The highest BCUT2D eigenvalue weighted by molar-refractivity contribution is 9.18. The number of carbonyl (C=O) groups excluding carboxylic acids is 1. The monoisotopic (exact) mass is 597 g/mol. The van der Waals surface area contributed by atoms with Crippen molar-refractivity contribution in [3.05, 3.63) is 67.7 Å². The molecule has 180 valence electrons. The summed E-state index contributed by atoms with van der Waals surface area (Å²) in [4.78, 5) is 22.7. The molecule has 0 radical (unpaired) electrons. The lowest BCUT2D eigenvalue weighted by Crippen LogP contribution is -2.42. The highest BCUT2D eigenvalue weighted by atomic mass is 79.9. The minimum Gasteiger partial charge on any atom is -0.374 e. The van der Waals surface area contributed by atoms with Crippen LogP contribution in [0.1, 0.15) is 39.9 Å². The Morgan fingerprint density at radius 3 is 2.41 bits per heavy atom. The summed E-state index contributed by atoms with van der Waals surface area (Å²) < 4.78 is 43.3. The Balaban J connectivity index is 1.59. The van der Waals surface area contributed by atoms with Gasteiger partial charge in [-0.25, -0.2) is 0 Å². The average Bonchev–Trinajstić information content (AvgIpc) is 3.38. The van der Waals surface area contributed by atoms with Crippen molar-refractivity contribution in [3.63, 3.8) is 0 Å². The zero-order chi connectivity index (χ0) is 24.8. The van der Waals surface area contributed by atoms with Gasteiger partial charge in [-0.2, -0.15) is 13.2 Å². The molecule has 1 N–H and O–H groups in total. The highest BCUT2D eigenvalue weighted by Gasteiger charge is 2.62. The zero-order valence-corrected chi connectivity index (χ0v) is 21.0. The van der Waals surface area contributed by atoms with E-state index in [1.807, 2.05) is 0 Å². The number of alkyl halides is 3. The van der Waals surface area contributed by atoms with Crippen molar-refractivity contribution in [2.45, 2.75) is 37.8 Å². The summed E-state index contributed by atoms with van der Waals surface area (Å²) >= 11 is 21.0. The van der Waals surface area contributed by atoms with Gasteiger partial charge in [0.2, 0.25) is 6.23 Å². The third kappa shape index (κ3) is 4.60. The van der Waals surface area contributed by atoms with Crippen molar-refractivity contribution < 1.29 is 27.6 Å². The number of carbonyl (C=O) groups is 1. The largest absolute Gasteiger partial charge is 0.435 e. The van der Waals surface area contributed by atoms with Gasteiger partial charge in [0.05, 0.1) is 27.2 Å². The number of hydrogen-bond donors (Lipinski definition) is 1. The van der Waals surface area contributed by atoms with Crippen LogP contribution in [0.2, 0.25) is 15.1 Å². The molecule has 1 unspecified atom stereocenters. The molecule has 2 aromatic carbocycles. The first-order valence-electron chi connectivity index (χ1n) is 9.68. The van der Waals surface area contributed by atoms with Crippen molar-refractivity contribution in [1.82, 2.24) is 5.32 Å². The average molecular weight is 600 g/mol. The molecule has 4 rings (SSSR count). The minimum atomic E-state index is -4.84. The van der Waals surface area contributed by atoms with Crippen LogP contribution in [0.4, 0.5) is 13.2 Å². The first kappa shape index (κ1) is 25.1. The van der Waals surface area contributed by atoms with Gasteiger partial charge in [-0.15, -0.1) is 0 Å². The summed E-state index contributed by atoms with van der Waals surface area (Å²) in [5, 5.41) is 9.77. The second-order valence-electron chi connectivity index (χ2n) is 7.65. The zero-order valence-electron chi connectivity index (χ0n) is 17.1. The standard InChI is InChI=1S/C21H14BrCl3F3N3O3/c1-9-4-10(2-3-12(9)19(32)29-17-7-16(22)31-33-17)15-8-20(34-30-15,21(26,27)28)11-5-13(23)18(25)14(24)6-11/h2-6,17H,7-8H2,1H3,(H,29,32)/t17?,20-/m0/s1. The van der Waals surface area contributed by atoms with E-state index >= 15 is 0 Å². The van der Waals surface area contributed by atoms with E-state index in [0.717, 1.165) is 12.1 Å². The van der Waals surface area contributed by atoms with Crippen LogP contribution in [-0.4, -0.2) is 28.6 Å². The van der Waals surface area contributed by atoms with E-state index in [2.05, 4.69) is 31.6 Å². The van der Waals surface area contributed by atoms with E-state index in [-0.39, 0.29) is 26.3 Å². The Bertz CT molecular complexity index is 1220. The van der Waals surface area contributed by atoms with Crippen LogP contribution in [0.15, 0.2) is 40.6 Å². The van der Waals surface area contributed by atoms with Crippen LogP contribution in [-0.2, 0) is 15.3 Å². The smallest absolute Gasteiger partial charge is 0.374 e. The van der Waals surface area contributed by atoms with Gasteiger partial charge in [0, 0.05) is 17.5 Å². The molecule has 2 aliphatic heterocycles. The maximum absolute atomic E-state index is 14.2. The molecule has 2 aliphatic rings. The first-order valence-corrected chi connectivity index (χ1v) is 11.6. The number of hydrogen-bond acceptors (Lipinski definition) is 5. The van der Waals surface area contributed by atoms with E-state index < -0.39 is 30.3 Å². The van der Waals surface area contributed by atoms with Crippen LogP contribution < -0.4 is 5.32 Å². The summed E-state index contributed by atoms with van der Waals surface area (Å²) in [5.41, 5.74) is -1.85. The fourth-order valence-electron chi connectivity index (χ4n) is 3.59. The Kier molecular flexibility index (Phi) is 6.80. The second kappa shape index (κ2) is 9.22. The SMILES string of the molecule is Cc1cc(C2=NO[C@@](c3cc(Cl)c(Cl)c(Cl)c3)(C(F)(F)F)C2)ccc1C(=O)NC1CC(Br)=NO1. The van der Waals surface area contributed by atoms with Crippen molar-refractivity contribution in [3.8, 4) is 0 Å². The summed E-state index contributed by atoms with van der Waals surface area (Å²) in [5.74, 6) is -0.411. The Labute approximate surface area is 215 Å². The van der Waals surface area contributed by atoms with Gasteiger partial charge in [-0.1, -0.05) is 51.2 Å². The van der Waals surface area contributed by atoms with Gasteiger partial charge in [0.25, 0.3) is 11.5 Å². The summed E-state index contributed by atoms with van der Waals surface area (Å²) in [6.45, 7) is 1.66. The number of benzene rings is 2. The Morgan fingerprint density at radius 1 is 1.18 bits per heavy atom. The van der Waals surface area contributed by atoms with E-state index in [4.69, 9.17) is 44.5 Å². The van der Waals surface area contributed by atoms with Gasteiger partial charge in [-0.05, 0) is 58.2 Å². The number of amides is 1. The normalized spacial score (nSPS) is 22.1. The Hall–Kier alpha value is -2.01. The molecule has 0 spiro atoms. The van der Waals surface area contributed by atoms with Crippen molar-refractivity contribution in [2.24, 2.45) is 10.3 Å². The molecule has 0 saturated carbocycles. The molecule has 2 atom stereocenters. The number of rotatable bonds is 4. The van der Waals surface area contributed by atoms with Gasteiger partial charge in [0.15, 0.2) is 0 Å². The second-order valence-corrected chi connectivity index (χ2v) is 9.76. The van der Waals surface area contributed by atoms with Crippen LogP contribution >= 0.6 is 50.7 Å². The lowest BCUT2D eigenvalue weighted by molar-refractivity contribution is -0.275. The van der Waals surface area contributed by atoms with Crippen LogP contribution in [0.25, 0.3) is 0 Å². The molecular formula is C21H14BrCl3F3N3O3. The van der Waals surface area contributed by atoms with E-state index in [1.165, 1.54) is 12.1 Å². The van der Waals surface area contributed by atoms with Gasteiger partial charge >= 0.3 is 6.18 Å². The van der Waals surface area contributed by atoms with Crippen molar-refractivity contribution in [2.75, 3.05) is 0 Å². The van der Waals surface area contributed by atoms with Gasteiger partial charge in [-0.3, -0.25) is 4.79 Å². The summed E-state index contributed by atoms with van der Waals surface area (Å²) in [6, 6.07) is 6.69. The van der Waals surface area contributed by atoms with Crippen LogP contribution in [0, 0.1) is 6.92 Å². The van der Waals surface area contributed by atoms with Gasteiger partial charge in [0.1, 0.15) is 4.62 Å². The molecule has 0 aliphatic carbocycles. The van der Waals surface area contributed by atoms with E-state index in [0.29, 0.717) is 27.7 Å². The van der Waals surface area contributed by atoms with Crippen molar-refractivity contribution in [1.29, 1.82) is 0 Å². The van der Waals surface area contributed by atoms with E-state index in [1.54, 1.807) is 13.0 Å². The highest BCUT2D eigenvalue weighted by Crippen LogP contribution is 2.50. The molecule has 0 bridgehead atoms. The van der Waals surface area contributed by atoms with Crippen LogP contribution in [0.3, 0.4) is 0 Å². The lowest BCUT2D eigenvalue weighted by atomic mass is 9.86. The molecule has 2 heterocycles. The Morgan fingerprint density at radius 2 is 1.85 bits per heavy atom. The molecular weight excluding hydrogens is 586 g/mol. The number of halogens is 7. The topological polar surface area (TPSA) is 72.3 Å². The molecule has 0 aromatic heterocycles. The summed E-state index contributed by atoms with van der Waals surface area (Å²) in [6.07, 6.45) is -5.70. The molecule has 2 aromatic rings. The predicted octanol–water partition coefficient (Wildman–Crippen LogP) is 6.72. The van der Waals surface area contributed by atoms with Crippen LogP contribution in [0.5, 0.6) is 0 Å². The third-order valence-corrected chi connectivity index (χ3v) is 7.03. The fraction of sp³-hybridized carbons (Fsp3) is 0.286. The fourth-order valence-corrected chi connectivity index (χ4v) is 4.57. The quantitative estimate of drug-likeness (QED) is 0.397. The molecule has 6 nitrogen and oxygen atoms in total. The minimum absolute atomic E-state index is 0.0473. The molecule has 34 heavy (non-hydrogen) atoms. The molecule has 1 amide bonds. The molecule has 0 fully saturated rings. The van der Waals surface area contributed by atoms with Crippen molar-refractivity contribution >= 4 is 67.0 Å². The number of nitrogens with zero attached hydrogens (tertiary/aromatic N) is 2.